The summed E-state index contributed by atoms with van der Waals surface area (Å²) in [6, 6.07) is 6.32. The van der Waals surface area contributed by atoms with E-state index in [1.54, 1.807) is 6.07 Å². The summed E-state index contributed by atoms with van der Waals surface area (Å²) in [5, 5.41) is 9.15. The zero-order valence-electron chi connectivity index (χ0n) is 12.8. The Morgan fingerprint density at radius 2 is 2.19 bits per heavy atom. The largest absolute Gasteiger partial charge is 0.478 e. The molecule has 1 aliphatic heterocycles. The maximum atomic E-state index is 11.1. The molecule has 0 aromatic heterocycles. The molecule has 2 unspecified atom stereocenters. The lowest BCUT2D eigenvalue weighted by molar-refractivity contribution is 0.0696. The van der Waals surface area contributed by atoms with Crippen molar-refractivity contribution >= 4 is 5.97 Å². The minimum atomic E-state index is -0.821. The molecule has 21 heavy (non-hydrogen) atoms. The maximum absolute atomic E-state index is 11.1. The third-order valence-corrected chi connectivity index (χ3v) is 5.34. The van der Waals surface area contributed by atoms with Crippen LogP contribution in [0.25, 0.3) is 0 Å². The highest BCUT2D eigenvalue weighted by Crippen LogP contribution is 2.32. The summed E-state index contributed by atoms with van der Waals surface area (Å²) in [4.78, 5) is 13.7. The van der Waals surface area contributed by atoms with Gasteiger partial charge in [-0.25, -0.2) is 4.79 Å². The molecule has 2 aliphatic rings. The van der Waals surface area contributed by atoms with Crippen molar-refractivity contribution in [3.05, 3.63) is 34.9 Å². The first kappa shape index (κ1) is 14.6. The number of carboxylic acids is 1. The van der Waals surface area contributed by atoms with Crippen LogP contribution in [0.4, 0.5) is 0 Å². The Morgan fingerprint density at radius 1 is 1.33 bits per heavy atom. The summed E-state index contributed by atoms with van der Waals surface area (Å²) < 4.78 is 0. The number of hydrogen-bond donors (Lipinski definition) is 1. The first-order valence-electron chi connectivity index (χ1n) is 8.26. The van der Waals surface area contributed by atoms with E-state index in [9.17, 15) is 4.79 Å². The van der Waals surface area contributed by atoms with Gasteiger partial charge in [-0.15, -0.1) is 0 Å². The zero-order valence-corrected chi connectivity index (χ0v) is 12.8. The predicted octanol–water partition coefficient (Wildman–Crippen LogP) is 3.71. The second kappa shape index (κ2) is 6.18. The van der Waals surface area contributed by atoms with E-state index >= 15 is 0 Å². The summed E-state index contributed by atoms with van der Waals surface area (Å²) in [6.45, 7) is 4.36. The highest BCUT2D eigenvalue weighted by atomic mass is 16.4. The molecule has 0 amide bonds. The molecule has 0 saturated heterocycles. The molecule has 3 nitrogen and oxygen atoms in total. The topological polar surface area (TPSA) is 40.5 Å². The number of benzene rings is 1. The molecule has 1 N–H and O–H groups in total. The van der Waals surface area contributed by atoms with Gasteiger partial charge in [0.2, 0.25) is 0 Å². The van der Waals surface area contributed by atoms with Crippen LogP contribution in [0.5, 0.6) is 0 Å². The molecular formula is C18H25NO2. The fourth-order valence-electron chi connectivity index (χ4n) is 3.99. The minimum Gasteiger partial charge on any atom is -0.478 e. The molecule has 0 spiro atoms. The summed E-state index contributed by atoms with van der Waals surface area (Å²) >= 11 is 0. The highest BCUT2D eigenvalue weighted by molar-refractivity contribution is 5.87. The van der Waals surface area contributed by atoms with Crippen molar-refractivity contribution < 1.29 is 9.90 Å². The third-order valence-electron chi connectivity index (χ3n) is 5.34. The van der Waals surface area contributed by atoms with E-state index in [1.807, 2.05) is 12.1 Å². The molecule has 114 valence electrons. The van der Waals surface area contributed by atoms with Crippen LogP contribution >= 0.6 is 0 Å². The first-order valence-corrected chi connectivity index (χ1v) is 8.26. The molecule has 1 saturated carbocycles. The van der Waals surface area contributed by atoms with Crippen LogP contribution in [0, 0.1) is 5.92 Å². The Kier molecular flexibility index (Phi) is 4.29. The van der Waals surface area contributed by atoms with E-state index in [1.165, 1.54) is 43.2 Å². The van der Waals surface area contributed by atoms with E-state index in [0.29, 0.717) is 11.6 Å². The maximum Gasteiger partial charge on any atom is 0.335 e. The standard InChI is InChI=1S/C18H25NO2/c1-2-13-4-3-5-17(10-13)19-9-8-14-6-7-15(18(20)21)11-16(14)12-19/h6-7,11,13,17H,2-5,8-10,12H2,1H3,(H,20,21). The van der Waals surface area contributed by atoms with Gasteiger partial charge in [-0.2, -0.15) is 0 Å². The van der Waals surface area contributed by atoms with Crippen LogP contribution in [0.1, 0.15) is 60.5 Å². The van der Waals surface area contributed by atoms with E-state index in [-0.39, 0.29) is 0 Å². The molecule has 1 aromatic carbocycles. The van der Waals surface area contributed by atoms with Crippen LogP contribution in [0.2, 0.25) is 0 Å². The average molecular weight is 287 g/mol. The minimum absolute atomic E-state index is 0.422. The summed E-state index contributed by atoms with van der Waals surface area (Å²) in [5.41, 5.74) is 2.98. The van der Waals surface area contributed by atoms with Crippen LogP contribution in [0.3, 0.4) is 0 Å². The molecule has 1 aromatic rings. The van der Waals surface area contributed by atoms with Gasteiger partial charge in [0, 0.05) is 19.1 Å². The van der Waals surface area contributed by atoms with Gasteiger partial charge in [0.05, 0.1) is 5.56 Å². The van der Waals surface area contributed by atoms with Gasteiger partial charge in [-0.05, 0) is 48.4 Å². The number of rotatable bonds is 3. The number of hydrogen-bond acceptors (Lipinski definition) is 2. The average Bonchev–Trinajstić information content (AvgIpc) is 2.53. The molecule has 0 bridgehead atoms. The lowest BCUT2D eigenvalue weighted by Gasteiger charge is -2.40. The Morgan fingerprint density at radius 3 is 2.95 bits per heavy atom. The number of carboxylic acid groups (broad SMARTS) is 1. The van der Waals surface area contributed by atoms with Gasteiger partial charge >= 0.3 is 5.97 Å². The van der Waals surface area contributed by atoms with E-state index in [2.05, 4.69) is 11.8 Å². The van der Waals surface area contributed by atoms with Crippen molar-refractivity contribution in [2.45, 2.75) is 58.0 Å². The van der Waals surface area contributed by atoms with Crippen molar-refractivity contribution in [2.75, 3.05) is 6.54 Å². The molecule has 3 rings (SSSR count). The summed E-state index contributed by atoms with van der Waals surface area (Å²) in [7, 11) is 0. The Labute approximate surface area is 127 Å². The van der Waals surface area contributed by atoms with Gasteiger partial charge in [-0.3, -0.25) is 4.90 Å². The van der Waals surface area contributed by atoms with Crippen LogP contribution < -0.4 is 0 Å². The number of carbonyl (C=O) groups is 1. The number of aromatic carboxylic acids is 1. The zero-order chi connectivity index (χ0) is 14.8. The van der Waals surface area contributed by atoms with Crippen LogP contribution in [-0.2, 0) is 13.0 Å². The Balaban J connectivity index is 1.74. The van der Waals surface area contributed by atoms with Gasteiger partial charge in [0.25, 0.3) is 0 Å². The second-order valence-corrected chi connectivity index (χ2v) is 6.60. The molecule has 1 fully saturated rings. The molecular weight excluding hydrogens is 262 g/mol. The van der Waals surface area contributed by atoms with Gasteiger partial charge in [0.15, 0.2) is 0 Å². The highest BCUT2D eigenvalue weighted by Gasteiger charge is 2.28. The molecule has 1 heterocycles. The van der Waals surface area contributed by atoms with Crippen molar-refractivity contribution in [1.82, 2.24) is 4.90 Å². The fourth-order valence-corrected chi connectivity index (χ4v) is 3.99. The first-order chi connectivity index (χ1) is 10.2. The van der Waals surface area contributed by atoms with Crippen LogP contribution in [-0.4, -0.2) is 28.6 Å². The quantitative estimate of drug-likeness (QED) is 0.921. The second-order valence-electron chi connectivity index (χ2n) is 6.60. The smallest absolute Gasteiger partial charge is 0.335 e. The fraction of sp³-hybridized carbons (Fsp3) is 0.611. The van der Waals surface area contributed by atoms with Crippen molar-refractivity contribution in [2.24, 2.45) is 5.92 Å². The number of nitrogens with zero attached hydrogens (tertiary/aromatic N) is 1. The van der Waals surface area contributed by atoms with E-state index in [4.69, 9.17) is 5.11 Å². The molecule has 3 heteroatoms. The van der Waals surface area contributed by atoms with E-state index < -0.39 is 5.97 Å². The van der Waals surface area contributed by atoms with E-state index in [0.717, 1.165) is 25.4 Å². The monoisotopic (exact) mass is 287 g/mol. The summed E-state index contributed by atoms with van der Waals surface area (Å²) in [6.07, 6.45) is 7.73. The van der Waals surface area contributed by atoms with Gasteiger partial charge in [0.1, 0.15) is 0 Å². The molecule has 2 atom stereocenters. The molecule has 0 radical (unpaired) electrons. The lowest BCUT2D eigenvalue weighted by atomic mass is 9.82. The SMILES string of the molecule is CCC1CCCC(N2CCc3ccc(C(=O)O)cc3C2)C1. The Bertz CT molecular complexity index is 526. The van der Waals surface area contributed by atoms with Crippen LogP contribution in [0.15, 0.2) is 18.2 Å². The van der Waals surface area contributed by atoms with Gasteiger partial charge < -0.3 is 5.11 Å². The molecule has 1 aliphatic carbocycles. The number of fused-ring (bicyclic) bond motifs is 1. The van der Waals surface area contributed by atoms with Crippen molar-refractivity contribution in [3.8, 4) is 0 Å². The normalized spacial score (nSPS) is 26.3. The Hall–Kier alpha value is -1.35. The third kappa shape index (κ3) is 3.13. The lowest BCUT2D eigenvalue weighted by Crippen LogP contribution is -2.41. The van der Waals surface area contributed by atoms with Crippen molar-refractivity contribution in [1.29, 1.82) is 0 Å². The van der Waals surface area contributed by atoms with Gasteiger partial charge in [-0.1, -0.05) is 32.3 Å². The summed E-state index contributed by atoms with van der Waals surface area (Å²) in [5.74, 6) is 0.0640. The van der Waals surface area contributed by atoms with Crippen molar-refractivity contribution in [3.63, 3.8) is 0 Å². The predicted molar refractivity (Wildman–Crippen MR) is 83.6 cm³/mol.